The van der Waals surface area contributed by atoms with Gasteiger partial charge in [0, 0.05) is 45.1 Å². The first-order valence-electron chi connectivity index (χ1n) is 13.3. The van der Waals surface area contributed by atoms with Crippen LogP contribution in [0.25, 0.3) is 11.1 Å². The number of rotatable bonds is 8. The molecule has 5 rings (SSSR count). The molecule has 200 valence electrons. The minimum Gasteiger partial charge on any atom is -0.392 e. The maximum absolute atomic E-state index is 11.3. The van der Waals surface area contributed by atoms with Crippen molar-refractivity contribution in [1.29, 1.82) is 0 Å². The van der Waals surface area contributed by atoms with Gasteiger partial charge in [0.25, 0.3) is 0 Å². The van der Waals surface area contributed by atoms with Crippen LogP contribution in [0.2, 0.25) is 0 Å². The van der Waals surface area contributed by atoms with E-state index in [-0.39, 0.29) is 24.7 Å². The zero-order valence-corrected chi connectivity index (χ0v) is 21.8. The number of hydrogen-bond donors (Lipinski definition) is 2. The Balaban J connectivity index is 1.38. The average Bonchev–Trinajstić information content (AvgIpc) is 2.97. The molecule has 0 bridgehead atoms. The Labute approximate surface area is 224 Å². The van der Waals surface area contributed by atoms with Gasteiger partial charge in [-0.1, -0.05) is 60.7 Å². The van der Waals surface area contributed by atoms with Crippen LogP contribution in [0.15, 0.2) is 72.8 Å². The monoisotopic (exact) mass is 516 g/mol. The number of carbonyl (C=O) groups is 1. The number of amides is 1. The predicted molar refractivity (Wildman–Crippen MR) is 145 cm³/mol. The molecule has 3 aromatic carbocycles. The number of ether oxygens (including phenoxy) is 3. The highest BCUT2D eigenvalue weighted by Gasteiger charge is 2.33. The maximum atomic E-state index is 11.3. The van der Waals surface area contributed by atoms with Gasteiger partial charge in [-0.3, -0.25) is 9.69 Å². The van der Waals surface area contributed by atoms with Crippen molar-refractivity contribution in [2.24, 2.45) is 0 Å². The molecule has 2 N–H and O–H groups in total. The van der Waals surface area contributed by atoms with Gasteiger partial charge in [-0.2, -0.15) is 0 Å². The fourth-order valence-corrected chi connectivity index (χ4v) is 5.06. The summed E-state index contributed by atoms with van der Waals surface area (Å²) < 4.78 is 18.6. The summed E-state index contributed by atoms with van der Waals surface area (Å²) in [6, 6.07) is 24.5. The van der Waals surface area contributed by atoms with E-state index in [2.05, 4.69) is 40.5 Å². The zero-order valence-electron chi connectivity index (χ0n) is 21.8. The summed E-state index contributed by atoms with van der Waals surface area (Å²) in [6.07, 6.45) is 0.160. The Bertz CT molecular complexity index is 1210. The quantitative estimate of drug-likeness (QED) is 0.463. The molecular weight excluding hydrogens is 480 g/mol. The van der Waals surface area contributed by atoms with Gasteiger partial charge in [0.05, 0.1) is 32.0 Å². The summed E-state index contributed by atoms with van der Waals surface area (Å²) in [5.41, 5.74) is 6.13. The summed E-state index contributed by atoms with van der Waals surface area (Å²) in [6.45, 7) is 6.20. The Morgan fingerprint density at radius 2 is 1.66 bits per heavy atom. The van der Waals surface area contributed by atoms with E-state index in [1.165, 1.54) is 6.92 Å². The van der Waals surface area contributed by atoms with Crippen LogP contribution in [0, 0.1) is 0 Å². The molecule has 0 aromatic heterocycles. The molecule has 0 saturated carbocycles. The molecule has 7 heteroatoms. The highest BCUT2D eigenvalue weighted by atomic mass is 16.7. The Morgan fingerprint density at radius 3 is 2.39 bits per heavy atom. The molecule has 2 aliphatic heterocycles. The Kier molecular flexibility index (Phi) is 8.83. The van der Waals surface area contributed by atoms with Crippen molar-refractivity contribution in [3.05, 3.63) is 95.1 Å². The van der Waals surface area contributed by atoms with E-state index in [0.717, 1.165) is 72.6 Å². The van der Waals surface area contributed by atoms with Crippen LogP contribution in [0.5, 0.6) is 0 Å². The predicted octanol–water partition coefficient (Wildman–Crippen LogP) is 4.36. The van der Waals surface area contributed by atoms with E-state index in [1.54, 1.807) is 0 Å². The summed E-state index contributed by atoms with van der Waals surface area (Å²) >= 11 is 0. The van der Waals surface area contributed by atoms with Crippen molar-refractivity contribution >= 4 is 5.91 Å². The molecular formula is C31H36N2O5. The van der Waals surface area contributed by atoms with Crippen LogP contribution >= 0.6 is 0 Å². The van der Waals surface area contributed by atoms with Crippen LogP contribution < -0.4 is 5.32 Å². The molecule has 38 heavy (non-hydrogen) atoms. The number of nitrogens with zero attached hydrogens (tertiary/aromatic N) is 1. The van der Waals surface area contributed by atoms with E-state index in [4.69, 9.17) is 14.2 Å². The molecule has 2 fully saturated rings. The Hall–Kier alpha value is -3.07. The summed E-state index contributed by atoms with van der Waals surface area (Å²) in [4.78, 5) is 13.7. The van der Waals surface area contributed by atoms with Crippen molar-refractivity contribution in [2.45, 2.75) is 45.0 Å². The second-order valence-electron chi connectivity index (χ2n) is 10.00. The average molecular weight is 517 g/mol. The second kappa shape index (κ2) is 12.7. The molecule has 2 heterocycles. The summed E-state index contributed by atoms with van der Waals surface area (Å²) in [7, 11) is 0. The van der Waals surface area contributed by atoms with E-state index in [1.807, 2.05) is 42.5 Å². The number of hydrogen-bond acceptors (Lipinski definition) is 6. The van der Waals surface area contributed by atoms with Crippen LogP contribution in [0.4, 0.5) is 0 Å². The van der Waals surface area contributed by atoms with Gasteiger partial charge in [0.15, 0.2) is 6.29 Å². The first-order valence-corrected chi connectivity index (χ1v) is 13.3. The molecule has 0 spiro atoms. The lowest BCUT2D eigenvalue weighted by molar-refractivity contribution is -0.253. The molecule has 7 nitrogen and oxygen atoms in total. The number of benzene rings is 3. The van der Waals surface area contributed by atoms with E-state index in [9.17, 15) is 9.90 Å². The van der Waals surface area contributed by atoms with Crippen molar-refractivity contribution < 1.29 is 24.1 Å². The van der Waals surface area contributed by atoms with E-state index >= 15 is 0 Å². The van der Waals surface area contributed by atoms with Crippen molar-refractivity contribution in [3.63, 3.8) is 0 Å². The molecule has 2 aliphatic rings. The van der Waals surface area contributed by atoms with Gasteiger partial charge in [-0.15, -0.1) is 0 Å². The number of morpholine rings is 1. The standard InChI is InChI=1S/C31H36N2O5/c1-22(35)32-19-24-4-2-5-26(16-24)27-6-3-7-28(17-27)31-37-29(20-33-12-14-36-15-13-33)18-30(38-31)25-10-8-23(21-34)9-11-25/h2-11,16-17,29-31,34H,12-15,18-21H2,1H3,(H,32,35)/t29-,30+,31+/m1/s1. The molecule has 0 aliphatic carbocycles. The van der Waals surface area contributed by atoms with Crippen molar-refractivity contribution in [2.75, 3.05) is 32.8 Å². The lowest BCUT2D eigenvalue weighted by Gasteiger charge is -2.39. The topological polar surface area (TPSA) is 80.3 Å². The highest BCUT2D eigenvalue weighted by molar-refractivity contribution is 5.73. The van der Waals surface area contributed by atoms with E-state index < -0.39 is 6.29 Å². The fraction of sp³-hybridized carbons (Fsp3) is 0.387. The fourth-order valence-electron chi connectivity index (χ4n) is 5.06. The highest BCUT2D eigenvalue weighted by Crippen LogP contribution is 2.39. The molecule has 3 aromatic rings. The van der Waals surface area contributed by atoms with Gasteiger partial charge in [0.2, 0.25) is 5.91 Å². The SMILES string of the molecule is CC(=O)NCc1cccc(-c2cccc([C@H]3O[C@@H](CN4CCOCC4)C[C@@H](c4ccc(CO)cc4)O3)c2)c1. The third-order valence-electron chi connectivity index (χ3n) is 7.14. The Morgan fingerprint density at radius 1 is 0.921 bits per heavy atom. The van der Waals surface area contributed by atoms with Crippen LogP contribution in [-0.2, 0) is 32.2 Å². The molecule has 2 saturated heterocycles. The number of nitrogens with one attached hydrogen (secondary N) is 1. The molecule has 1 amide bonds. The van der Waals surface area contributed by atoms with Gasteiger partial charge in [-0.05, 0) is 39.9 Å². The van der Waals surface area contributed by atoms with Crippen LogP contribution in [0.1, 0.15) is 48.0 Å². The molecule has 0 radical (unpaired) electrons. The van der Waals surface area contributed by atoms with Crippen molar-refractivity contribution in [1.82, 2.24) is 10.2 Å². The number of aliphatic hydroxyl groups is 1. The normalized spacial score (nSPS) is 22.2. The van der Waals surface area contributed by atoms with Gasteiger partial charge >= 0.3 is 0 Å². The maximum Gasteiger partial charge on any atom is 0.217 e. The third kappa shape index (κ3) is 6.87. The summed E-state index contributed by atoms with van der Waals surface area (Å²) in [5.74, 6) is -0.0452. The van der Waals surface area contributed by atoms with Gasteiger partial charge in [0.1, 0.15) is 0 Å². The van der Waals surface area contributed by atoms with Crippen molar-refractivity contribution in [3.8, 4) is 11.1 Å². The first kappa shape index (κ1) is 26.5. The van der Waals surface area contributed by atoms with Crippen LogP contribution in [-0.4, -0.2) is 54.9 Å². The lowest BCUT2D eigenvalue weighted by atomic mass is 9.98. The second-order valence-corrected chi connectivity index (χ2v) is 10.00. The molecule has 0 unspecified atom stereocenters. The smallest absolute Gasteiger partial charge is 0.217 e. The zero-order chi connectivity index (χ0) is 26.3. The first-order chi connectivity index (χ1) is 18.6. The number of carbonyl (C=O) groups excluding carboxylic acids is 1. The minimum absolute atomic E-state index is 0.0130. The lowest BCUT2D eigenvalue weighted by Crippen LogP contribution is -2.44. The molecule has 3 atom stereocenters. The number of aliphatic hydroxyl groups excluding tert-OH is 1. The van der Waals surface area contributed by atoms with Gasteiger partial charge in [-0.25, -0.2) is 0 Å². The van der Waals surface area contributed by atoms with Crippen LogP contribution in [0.3, 0.4) is 0 Å². The largest absolute Gasteiger partial charge is 0.392 e. The third-order valence-corrected chi connectivity index (χ3v) is 7.14. The minimum atomic E-state index is -0.500. The van der Waals surface area contributed by atoms with Gasteiger partial charge < -0.3 is 24.6 Å². The van der Waals surface area contributed by atoms with E-state index in [0.29, 0.717) is 6.54 Å². The summed E-state index contributed by atoms with van der Waals surface area (Å²) in [5, 5.41) is 12.3.